The van der Waals surface area contributed by atoms with Crippen LogP contribution in [0.5, 0.6) is 5.75 Å². The van der Waals surface area contributed by atoms with Crippen LogP contribution in [0.1, 0.15) is 31.2 Å². The number of fused-ring (bicyclic) bond motifs is 2. The number of rotatable bonds is 4. The SMILES string of the molecule is Clc1c(-c2cnc(N3CCC4(CC3)Cc3ccccc3O4)n3ccnc23)ccnc1NC1CC1. The van der Waals surface area contributed by atoms with E-state index in [0.717, 1.165) is 79.5 Å². The molecule has 1 aliphatic carbocycles. The molecule has 7 rings (SSSR count). The Labute approximate surface area is 202 Å². The Morgan fingerprint density at radius 1 is 1.00 bits per heavy atom. The predicted molar refractivity (Wildman–Crippen MR) is 133 cm³/mol. The fraction of sp³-hybridized carbons (Fsp3) is 0.346. The Hall–Kier alpha value is -3.32. The second-order valence-electron chi connectivity index (χ2n) is 9.59. The summed E-state index contributed by atoms with van der Waals surface area (Å²) in [5.41, 5.74) is 3.87. The molecule has 1 saturated carbocycles. The van der Waals surface area contributed by atoms with Gasteiger partial charge < -0.3 is 15.0 Å². The molecule has 5 heterocycles. The van der Waals surface area contributed by atoms with Gasteiger partial charge in [0.15, 0.2) is 0 Å². The van der Waals surface area contributed by atoms with E-state index in [9.17, 15) is 0 Å². The molecule has 1 saturated heterocycles. The molecular formula is C26H25ClN6O. The first-order valence-electron chi connectivity index (χ1n) is 11.9. The molecule has 7 nitrogen and oxygen atoms in total. The zero-order valence-electron chi connectivity index (χ0n) is 18.7. The van der Waals surface area contributed by atoms with Gasteiger partial charge in [0.1, 0.15) is 22.8 Å². The molecule has 2 aliphatic heterocycles. The van der Waals surface area contributed by atoms with Crippen molar-refractivity contribution in [3.8, 4) is 16.9 Å². The van der Waals surface area contributed by atoms with Crippen molar-refractivity contribution in [2.24, 2.45) is 0 Å². The molecule has 0 unspecified atom stereocenters. The number of nitrogens with one attached hydrogen (secondary N) is 1. The molecule has 172 valence electrons. The monoisotopic (exact) mass is 472 g/mol. The van der Waals surface area contributed by atoms with E-state index < -0.39 is 0 Å². The van der Waals surface area contributed by atoms with Crippen LogP contribution in [-0.2, 0) is 6.42 Å². The van der Waals surface area contributed by atoms with Crippen LogP contribution in [0.4, 0.5) is 11.8 Å². The Morgan fingerprint density at radius 2 is 1.85 bits per heavy atom. The Kier molecular flexibility index (Phi) is 4.49. The van der Waals surface area contributed by atoms with Crippen LogP contribution in [0.2, 0.25) is 5.02 Å². The molecule has 0 amide bonds. The van der Waals surface area contributed by atoms with E-state index in [1.807, 2.05) is 30.7 Å². The van der Waals surface area contributed by atoms with E-state index in [4.69, 9.17) is 21.3 Å². The third kappa shape index (κ3) is 3.29. The zero-order valence-corrected chi connectivity index (χ0v) is 19.5. The van der Waals surface area contributed by atoms with E-state index in [0.29, 0.717) is 11.1 Å². The summed E-state index contributed by atoms with van der Waals surface area (Å²) in [4.78, 5) is 16.3. The number of ether oxygens (including phenoxy) is 1. The van der Waals surface area contributed by atoms with Crippen molar-refractivity contribution >= 4 is 29.0 Å². The van der Waals surface area contributed by atoms with Gasteiger partial charge >= 0.3 is 0 Å². The van der Waals surface area contributed by atoms with Crippen molar-refractivity contribution in [1.82, 2.24) is 19.4 Å². The average Bonchev–Trinajstić information content (AvgIpc) is 3.40. The van der Waals surface area contributed by atoms with Gasteiger partial charge in [0.2, 0.25) is 5.95 Å². The molecule has 1 spiro atoms. The van der Waals surface area contributed by atoms with Crippen molar-refractivity contribution in [3.63, 3.8) is 0 Å². The summed E-state index contributed by atoms with van der Waals surface area (Å²) in [5.74, 6) is 2.68. The van der Waals surface area contributed by atoms with Crippen LogP contribution in [0, 0.1) is 0 Å². The largest absolute Gasteiger partial charge is 0.487 e. The summed E-state index contributed by atoms with van der Waals surface area (Å²) in [5, 5.41) is 4.04. The lowest BCUT2D eigenvalue weighted by molar-refractivity contribution is 0.0664. The van der Waals surface area contributed by atoms with Crippen LogP contribution < -0.4 is 15.0 Å². The fourth-order valence-corrected chi connectivity index (χ4v) is 5.53. The van der Waals surface area contributed by atoms with Crippen LogP contribution in [-0.4, -0.2) is 44.1 Å². The van der Waals surface area contributed by atoms with Crippen molar-refractivity contribution in [3.05, 3.63) is 65.7 Å². The number of nitrogens with zero attached hydrogens (tertiary/aromatic N) is 5. The average molecular weight is 473 g/mol. The van der Waals surface area contributed by atoms with Gasteiger partial charge in [-0.1, -0.05) is 29.8 Å². The maximum atomic E-state index is 6.76. The summed E-state index contributed by atoms with van der Waals surface area (Å²) in [6.45, 7) is 1.78. The summed E-state index contributed by atoms with van der Waals surface area (Å²) in [6, 6.07) is 10.8. The van der Waals surface area contributed by atoms with Gasteiger partial charge in [-0.3, -0.25) is 4.40 Å². The zero-order chi connectivity index (χ0) is 22.7. The predicted octanol–water partition coefficient (Wildman–Crippen LogP) is 4.99. The quantitative estimate of drug-likeness (QED) is 0.451. The first-order valence-corrected chi connectivity index (χ1v) is 12.3. The number of anilines is 2. The number of para-hydroxylation sites is 1. The number of hydrogen-bond acceptors (Lipinski definition) is 6. The Balaban J connectivity index is 1.17. The van der Waals surface area contributed by atoms with E-state index in [2.05, 4.69) is 42.8 Å². The minimum absolute atomic E-state index is 0.0935. The number of pyridine rings is 1. The highest BCUT2D eigenvalue weighted by atomic mass is 35.5. The lowest BCUT2D eigenvalue weighted by Crippen LogP contribution is -2.48. The van der Waals surface area contributed by atoms with Crippen molar-refractivity contribution in [2.75, 3.05) is 23.3 Å². The topological polar surface area (TPSA) is 67.6 Å². The normalized spacial score (nSPS) is 18.8. The molecule has 2 fully saturated rings. The maximum Gasteiger partial charge on any atom is 0.211 e. The number of imidazole rings is 1. The van der Waals surface area contributed by atoms with Gasteiger partial charge in [-0.05, 0) is 30.5 Å². The van der Waals surface area contributed by atoms with Crippen LogP contribution in [0.25, 0.3) is 16.8 Å². The fourth-order valence-electron chi connectivity index (χ4n) is 5.26. The van der Waals surface area contributed by atoms with Crippen LogP contribution >= 0.6 is 11.6 Å². The van der Waals surface area contributed by atoms with Crippen molar-refractivity contribution in [1.29, 1.82) is 0 Å². The Morgan fingerprint density at radius 3 is 2.68 bits per heavy atom. The minimum Gasteiger partial charge on any atom is -0.487 e. The van der Waals surface area contributed by atoms with Gasteiger partial charge in [0, 0.05) is 74.3 Å². The number of piperidine rings is 1. The first-order chi connectivity index (χ1) is 16.7. The van der Waals surface area contributed by atoms with E-state index in [-0.39, 0.29) is 5.60 Å². The summed E-state index contributed by atoms with van der Waals surface area (Å²) in [6.07, 6.45) is 12.7. The molecule has 4 aromatic rings. The molecule has 8 heteroatoms. The highest BCUT2D eigenvalue weighted by Crippen LogP contribution is 2.42. The minimum atomic E-state index is -0.0935. The van der Waals surface area contributed by atoms with Gasteiger partial charge in [-0.25, -0.2) is 15.0 Å². The van der Waals surface area contributed by atoms with Crippen molar-refractivity contribution in [2.45, 2.75) is 43.7 Å². The third-order valence-corrected chi connectivity index (χ3v) is 7.66. The van der Waals surface area contributed by atoms with Gasteiger partial charge in [-0.2, -0.15) is 0 Å². The number of benzene rings is 1. The summed E-state index contributed by atoms with van der Waals surface area (Å²) < 4.78 is 8.50. The molecular weight excluding hydrogens is 448 g/mol. The molecule has 1 N–H and O–H groups in total. The second kappa shape index (κ2) is 7.60. The molecule has 0 atom stereocenters. The highest BCUT2D eigenvalue weighted by Gasteiger charge is 2.42. The first kappa shape index (κ1) is 20.1. The van der Waals surface area contributed by atoms with Crippen LogP contribution in [0.3, 0.4) is 0 Å². The van der Waals surface area contributed by atoms with Gasteiger partial charge in [0.05, 0.1) is 5.02 Å². The smallest absolute Gasteiger partial charge is 0.211 e. The molecule has 3 aromatic heterocycles. The van der Waals surface area contributed by atoms with E-state index in [1.165, 1.54) is 5.56 Å². The third-order valence-electron chi connectivity index (χ3n) is 7.27. The number of hydrogen-bond donors (Lipinski definition) is 1. The lowest BCUT2D eigenvalue weighted by atomic mass is 9.87. The van der Waals surface area contributed by atoms with Gasteiger partial charge in [-0.15, -0.1) is 0 Å². The second-order valence-corrected chi connectivity index (χ2v) is 9.97. The highest BCUT2D eigenvalue weighted by molar-refractivity contribution is 6.35. The van der Waals surface area contributed by atoms with Gasteiger partial charge in [0.25, 0.3) is 0 Å². The molecule has 34 heavy (non-hydrogen) atoms. The number of halogens is 1. The lowest BCUT2D eigenvalue weighted by Gasteiger charge is -2.39. The van der Waals surface area contributed by atoms with Crippen molar-refractivity contribution < 1.29 is 4.74 Å². The molecule has 3 aliphatic rings. The molecule has 0 radical (unpaired) electrons. The van der Waals surface area contributed by atoms with E-state index >= 15 is 0 Å². The van der Waals surface area contributed by atoms with Crippen LogP contribution in [0.15, 0.2) is 55.1 Å². The summed E-state index contributed by atoms with van der Waals surface area (Å²) >= 11 is 6.76. The molecule has 1 aromatic carbocycles. The van der Waals surface area contributed by atoms with E-state index in [1.54, 1.807) is 6.20 Å². The number of aromatic nitrogens is 4. The Bertz CT molecular complexity index is 1360. The molecule has 0 bridgehead atoms. The maximum absolute atomic E-state index is 6.76. The summed E-state index contributed by atoms with van der Waals surface area (Å²) in [7, 11) is 0. The standard InChI is InChI=1S/C26H25ClN6O/c27-22-19(7-10-28-23(22)31-18-5-6-18)20-16-30-25(33-14-11-29-24(20)33)32-12-8-26(9-13-32)15-17-3-1-2-4-21(17)34-26/h1-4,7,10-11,14,16,18H,5-6,8-9,12-13,15H2,(H,28,31).